The Hall–Kier alpha value is -3.51. The third-order valence-electron chi connectivity index (χ3n) is 7.09. The van der Waals surface area contributed by atoms with Crippen molar-refractivity contribution in [2.24, 2.45) is 0 Å². The number of hydrogen-bond acceptors (Lipinski definition) is 5. The van der Waals surface area contributed by atoms with Gasteiger partial charge in [0.05, 0.1) is 17.7 Å². The monoisotopic (exact) mass is 543 g/mol. The lowest BCUT2D eigenvalue weighted by Crippen LogP contribution is -2.37. The van der Waals surface area contributed by atoms with Gasteiger partial charge in [-0.2, -0.15) is 0 Å². The fraction of sp³-hybridized carbons (Fsp3) is 0.364. The van der Waals surface area contributed by atoms with Crippen LogP contribution in [-0.2, 0) is 0 Å². The molecule has 0 aliphatic carbocycles. The van der Waals surface area contributed by atoms with E-state index in [4.69, 9.17) is 21.7 Å². The molecule has 4 rings (SSSR count). The van der Waals surface area contributed by atoms with Crippen LogP contribution in [-0.4, -0.2) is 34.4 Å². The van der Waals surface area contributed by atoms with E-state index >= 15 is 0 Å². The van der Waals surface area contributed by atoms with E-state index in [1.165, 1.54) is 12.8 Å². The van der Waals surface area contributed by atoms with Gasteiger partial charge in [0.25, 0.3) is 5.91 Å². The summed E-state index contributed by atoms with van der Waals surface area (Å²) in [5.74, 6) is 0.645. The Morgan fingerprint density at radius 1 is 0.821 bits per heavy atom. The highest BCUT2D eigenvalue weighted by atomic mass is 32.1. The SMILES string of the molecule is CCCCCC[C@H](C)N1C(=O)c2cc(C(=O)Oc3ccc(-c4ccc(OCCCC)cc4)cc3)ccc2C1=S. The molecule has 1 atom stereocenters. The smallest absolute Gasteiger partial charge is 0.343 e. The summed E-state index contributed by atoms with van der Waals surface area (Å²) in [7, 11) is 0. The predicted molar refractivity (Wildman–Crippen MR) is 160 cm³/mol. The van der Waals surface area contributed by atoms with Gasteiger partial charge in [-0.1, -0.05) is 88.5 Å². The van der Waals surface area contributed by atoms with Crippen molar-refractivity contribution in [1.82, 2.24) is 4.90 Å². The summed E-state index contributed by atoms with van der Waals surface area (Å²) in [6, 6.07) is 20.4. The number of thiocarbonyl (C=S) groups is 1. The largest absolute Gasteiger partial charge is 0.494 e. The molecule has 1 amide bonds. The van der Waals surface area contributed by atoms with E-state index in [0.29, 0.717) is 27.4 Å². The first kappa shape index (κ1) is 28.5. The molecular weight excluding hydrogens is 506 g/mol. The van der Waals surface area contributed by atoms with Gasteiger partial charge >= 0.3 is 5.97 Å². The minimum Gasteiger partial charge on any atom is -0.494 e. The molecule has 3 aromatic rings. The van der Waals surface area contributed by atoms with Crippen LogP contribution in [0.1, 0.15) is 92.0 Å². The lowest BCUT2D eigenvalue weighted by atomic mass is 10.1. The van der Waals surface area contributed by atoms with Crippen molar-refractivity contribution in [2.75, 3.05) is 6.61 Å². The summed E-state index contributed by atoms with van der Waals surface area (Å²) in [6.45, 7) is 7.08. The zero-order valence-corrected chi connectivity index (χ0v) is 23.9. The van der Waals surface area contributed by atoms with Gasteiger partial charge in [-0.25, -0.2) is 4.79 Å². The Balaban J connectivity index is 1.38. The Morgan fingerprint density at radius 2 is 1.46 bits per heavy atom. The molecule has 0 radical (unpaired) electrons. The maximum absolute atomic E-state index is 13.2. The number of hydrogen-bond donors (Lipinski definition) is 0. The fourth-order valence-electron chi connectivity index (χ4n) is 4.74. The lowest BCUT2D eigenvalue weighted by Gasteiger charge is -2.24. The molecule has 1 aliphatic heterocycles. The second kappa shape index (κ2) is 13.5. The second-order valence-electron chi connectivity index (χ2n) is 10.1. The Morgan fingerprint density at radius 3 is 2.10 bits per heavy atom. The molecular formula is C33H37NO4S. The highest BCUT2D eigenvalue weighted by Gasteiger charge is 2.36. The van der Waals surface area contributed by atoms with Crippen LogP contribution in [0.5, 0.6) is 11.5 Å². The number of rotatable bonds is 13. The second-order valence-corrected chi connectivity index (χ2v) is 10.5. The van der Waals surface area contributed by atoms with Crippen molar-refractivity contribution in [1.29, 1.82) is 0 Å². The number of carbonyl (C=O) groups excluding carboxylic acids is 2. The lowest BCUT2D eigenvalue weighted by molar-refractivity contribution is 0.0734. The quantitative estimate of drug-likeness (QED) is 0.0940. The molecule has 5 nitrogen and oxygen atoms in total. The van der Waals surface area contributed by atoms with E-state index in [2.05, 4.69) is 13.8 Å². The highest BCUT2D eigenvalue weighted by molar-refractivity contribution is 7.80. The number of ether oxygens (including phenoxy) is 2. The van der Waals surface area contributed by atoms with Crippen LogP contribution in [0.3, 0.4) is 0 Å². The average Bonchev–Trinajstić information content (AvgIpc) is 3.21. The molecule has 0 unspecified atom stereocenters. The third-order valence-corrected chi connectivity index (χ3v) is 7.51. The molecule has 0 aromatic heterocycles. The zero-order chi connectivity index (χ0) is 27.8. The summed E-state index contributed by atoms with van der Waals surface area (Å²) < 4.78 is 11.4. The molecule has 0 fully saturated rings. The molecule has 204 valence electrons. The van der Waals surface area contributed by atoms with Gasteiger partial charge in [0.1, 0.15) is 16.5 Å². The van der Waals surface area contributed by atoms with Gasteiger partial charge in [-0.3, -0.25) is 9.69 Å². The molecule has 1 aliphatic rings. The summed E-state index contributed by atoms with van der Waals surface area (Å²) in [4.78, 5) is 28.4. The summed E-state index contributed by atoms with van der Waals surface area (Å²) >= 11 is 5.63. The summed E-state index contributed by atoms with van der Waals surface area (Å²) in [5.41, 5.74) is 3.55. The van der Waals surface area contributed by atoms with Crippen molar-refractivity contribution in [3.63, 3.8) is 0 Å². The Labute approximate surface area is 237 Å². The first-order valence-electron chi connectivity index (χ1n) is 14.0. The molecule has 0 spiro atoms. The molecule has 0 bridgehead atoms. The van der Waals surface area contributed by atoms with Gasteiger partial charge in [0.2, 0.25) is 0 Å². The van der Waals surface area contributed by atoms with Crippen LogP contribution in [0.2, 0.25) is 0 Å². The van der Waals surface area contributed by atoms with Gasteiger partial charge in [0.15, 0.2) is 0 Å². The first-order valence-corrected chi connectivity index (χ1v) is 14.4. The molecule has 39 heavy (non-hydrogen) atoms. The van der Waals surface area contributed by atoms with E-state index in [9.17, 15) is 9.59 Å². The molecule has 6 heteroatoms. The Bertz CT molecular complexity index is 1300. The van der Waals surface area contributed by atoms with Crippen LogP contribution in [0.15, 0.2) is 66.7 Å². The average molecular weight is 544 g/mol. The topological polar surface area (TPSA) is 55.8 Å². The van der Waals surface area contributed by atoms with Gasteiger partial charge in [-0.05, 0) is 67.3 Å². The minimum absolute atomic E-state index is 0.0213. The van der Waals surface area contributed by atoms with Crippen molar-refractivity contribution >= 4 is 29.1 Å². The summed E-state index contributed by atoms with van der Waals surface area (Å²) in [5, 5.41) is 0. The van der Waals surface area contributed by atoms with E-state index in [1.54, 1.807) is 35.2 Å². The number of esters is 1. The number of amides is 1. The maximum Gasteiger partial charge on any atom is 0.343 e. The standard InChI is InChI=1S/C33H37NO4S/c1-4-6-8-9-10-23(3)34-31(35)30-22-26(15-20-29(30)32(34)39)33(36)38-28-18-13-25(14-19-28)24-11-16-27(17-12-24)37-21-7-5-2/h11-20,22-23H,4-10,21H2,1-3H3/t23-/m0/s1. The van der Waals surface area contributed by atoms with Crippen molar-refractivity contribution in [2.45, 2.75) is 71.8 Å². The van der Waals surface area contributed by atoms with Crippen LogP contribution < -0.4 is 9.47 Å². The van der Waals surface area contributed by atoms with E-state index in [0.717, 1.165) is 55.6 Å². The van der Waals surface area contributed by atoms with Gasteiger partial charge in [-0.15, -0.1) is 0 Å². The van der Waals surface area contributed by atoms with Crippen molar-refractivity contribution in [3.8, 4) is 22.6 Å². The molecule has 0 saturated carbocycles. The van der Waals surface area contributed by atoms with Crippen LogP contribution >= 0.6 is 12.2 Å². The van der Waals surface area contributed by atoms with Crippen LogP contribution in [0, 0.1) is 0 Å². The number of nitrogens with zero attached hydrogens (tertiary/aromatic N) is 1. The maximum atomic E-state index is 13.2. The number of fused-ring (bicyclic) bond motifs is 1. The van der Waals surface area contributed by atoms with Crippen molar-refractivity contribution in [3.05, 3.63) is 83.4 Å². The fourth-order valence-corrected chi connectivity index (χ4v) is 5.18. The van der Waals surface area contributed by atoms with Crippen LogP contribution in [0.25, 0.3) is 11.1 Å². The molecule has 0 N–H and O–H groups in total. The molecule has 0 saturated heterocycles. The zero-order valence-electron chi connectivity index (χ0n) is 23.1. The number of carbonyl (C=O) groups is 2. The number of unbranched alkanes of at least 4 members (excludes halogenated alkanes) is 4. The van der Waals surface area contributed by atoms with E-state index in [1.807, 2.05) is 43.3 Å². The van der Waals surface area contributed by atoms with Gasteiger partial charge < -0.3 is 9.47 Å². The number of benzene rings is 3. The highest BCUT2D eigenvalue weighted by Crippen LogP contribution is 2.29. The van der Waals surface area contributed by atoms with Gasteiger partial charge in [0, 0.05) is 11.6 Å². The predicted octanol–water partition coefficient (Wildman–Crippen LogP) is 8.24. The first-order chi connectivity index (χ1) is 18.9. The van der Waals surface area contributed by atoms with E-state index < -0.39 is 5.97 Å². The molecule has 1 heterocycles. The molecule has 3 aromatic carbocycles. The normalized spacial score (nSPS) is 13.4. The van der Waals surface area contributed by atoms with Crippen LogP contribution in [0.4, 0.5) is 0 Å². The van der Waals surface area contributed by atoms with E-state index in [-0.39, 0.29) is 11.9 Å². The van der Waals surface area contributed by atoms with Crippen molar-refractivity contribution < 1.29 is 19.1 Å². The summed E-state index contributed by atoms with van der Waals surface area (Å²) in [6.07, 6.45) is 7.63. The third kappa shape index (κ3) is 6.93. The Kier molecular flexibility index (Phi) is 9.88. The minimum atomic E-state index is -0.510.